The Morgan fingerprint density at radius 2 is 2.05 bits per heavy atom. The number of carbonyl (C=O) groups is 1. The molecule has 1 saturated carbocycles. The fourth-order valence-corrected chi connectivity index (χ4v) is 2.85. The first-order chi connectivity index (χ1) is 8.99. The van der Waals surface area contributed by atoms with Gasteiger partial charge in [-0.3, -0.25) is 4.79 Å². The maximum atomic E-state index is 11.7. The van der Waals surface area contributed by atoms with E-state index in [4.69, 9.17) is 5.73 Å². The van der Waals surface area contributed by atoms with Crippen LogP contribution >= 0.6 is 0 Å². The Hall–Kier alpha value is -0.610. The topological polar surface area (TPSA) is 75.4 Å². The van der Waals surface area contributed by atoms with Crippen molar-refractivity contribution in [2.75, 3.05) is 6.54 Å². The zero-order chi connectivity index (χ0) is 14.3. The SMILES string of the molecule is CCCC(N)CC(=O)NCC1(O)CCC(CC)CC1. The summed E-state index contributed by atoms with van der Waals surface area (Å²) in [7, 11) is 0. The molecule has 1 atom stereocenters. The van der Waals surface area contributed by atoms with Crippen molar-refractivity contribution in [3.8, 4) is 0 Å². The molecule has 1 fully saturated rings. The van der Waals surface area contributed by atoms with Gasteiger partial charge >= 0.3 is 0 Å². The van der Waals surface area contributed by atoms with E-state index in [2.05, 4.69) is 19.2 Å². The van der Waals surface area contributed by atoms with Crippen LogP contribution in [-0.4, -0.2) is 29.2 Å². The van der Waals surface area contributed by atoms with Gasteiger partial charge in [0.05, 0.1) is 5.60 Å². The molecule has 4 heteroatoms. The van der Waals surface area contributed by atoms with E-state index >= 15 is 0 Å². The van der Waals surface area contributed by atoms with Crippen LogP contribution in [0.3, 0.4) is 0 Å². The van der Waals surface area contributed by atoms with Gasteiger partial charge < -0.3 is 16.2 Å². The molecule has 0 saturated heterocycles. The summed E-state index contributed by atoms with van der Waals surface area (Å²) in [6, 6.07) is -0.0597. The minimum Gasteiger partial charge on any atom is -0.388 e. The number of amides is 1. The standard InChI is InChI=1S/C15H30N2O2/c1-3-5-13(16)10-14(18)17-11-15(19)8-6-12(4-2)7-9-15/h12-13,19H,3-11,16H2,1-2H3,(H,17,18). The summed E-state index contributed by atoms with van der Waals surface area (Å²) in [6.45, 7) is 4.64. The third-order valence-electron chi connectivity index (χ3n) is 4.33. The predicted molar refractivity (Wildman–Crippen MR) is 77.7 cm³/mol. The van der Waals surface area contributed by atoms with Crippen LogP contribution in [0.25, 0.3) is 0 Å². The van der Waals surface area contributed by atoms with Gasteiger partial charge in [-0.1, -0.05) is 26.7 Å². The summed E-state index contributed by atoms with van der Waals surface area (Å²) < 4.78 is 0. The van der Waals surface area contributed by atoms with Crippen molar-refractivity contribution < 1.29 is 9.90 Å². The molecule has 0 aromatic carbocycles. The summed E-state index contributed by atoms with van der Waals surface area (Å²) >= 11 is 0. The molecule has 1 aliphatic rings. The molecular formula is C15H30N2O2. The second kappa shape index (κ2) is 7.85. The Balaban J connectivity index is 2.26. The average Bonchev–Trinajstić information content (AvgIpc) is 2.38. The quantitative estimate of drug-likeness (QED) is 0.662. The monoisotopic (exact) mass is 270 g/mol. The molecule has 112 valence electrons. The lowest BCUT2D eigenvalue weighted by Gasteiger charge is -2.36. The molecule has 1 amide bonds. The van der Waals surface area contributed by atoms with Crippen molar-refractivity contribution in [2.45, 2.75) is 76.9 Å². The highest BCUT2D eigenvalue weighted by Crippen LogP contribution is 2.33. The third kappa shape index (κ3) is 5.91. The number of nitrogens with one attached hydrogen (secondary N) is 1. The van der Waals surface area contributed by atoms with E-state index in [0.717, 1.165) is 44.4 Å². The molecule has 4 nitrogen and oxygen atoms in total. The summed E-state index contributed by atoms with van der Waals surface area (Å²) in [5.74, 6) is 0.709. The maximum absolute atomic E-state index is 11.7. The highest BCUT2D eigenvalue weighted by molar-refractivity contribution is 5.76. The van der Waals surface area contributed by atoms with Crippen LogP contribution in [0.15, 0.2) is 0 Å². The number of carbonyl (C=O) groups excluding carboxylic acids is 1. The van der Waals surface area contributed by atoms with Crippen LogP contribution in [0.4, 0.5) is 0 Å². The summed E-state index contributed by atoms with van der Waals surface area (Å²) in [6.07, 6.45) is 7.15. The van der Waals surface area contributed by atoms with Crippen molar-refractivity contribution >= 4 is 5.91 Å². The molecule has 0 aromatic rings. The van der Waals surface area contributed by atoms with Gasteiger partial charge in [-0.15, -0.1) is 0 Å². The van der Waals surface area contributed by atoms with E-state index in [9.17, 15) is 9.90 Å². The van der Waals surface area contributed by atoms with Crippen LogP contribution in [0.2, 0.25) is 0 Å². The molecule has 4 N–H and O–H groups in total. The van der Waals surface area contributed by atoms with Crippen LogP contribution in [-0.2, 0) is 4.79 Å². The zero-order valence-corrected chi connectivity index (χ0v) is 12.5. The smallest absolute Gasteiger partial charge is 0.221 e. The minimum absolute atomic E-state index is 0.0352. The van der Waals surface area contributed by atoms with Crippen LogP contribution < -0.4 is 11.1 Å². The van der Waals surface area contributed by atoms with Crippen LogP contribution in [0.5, 0.6) is 0 Å². The molecule has 1 unspecified atom stereocenters. The molecule has 0 aromatic heterocycles. The molecule has 1 rings (SSSR count). The summed E-state index contributed by atoms with van der Waals surface area (Å²) in [5, 5.41) is 13.3. The van der Waals surface area contributed by atoms with Gasteiger partial charge in [0.15, 0.2) is 0 Å². The number of rotatable bonds is 7. The molecule has 0 spiro atoms. The lowest BCUT2D eigenvalue weighted by atomic mass is 9.78. The fourth-order valence-electron chi connectivity index (χ4n) is 2.85. The van der Waals surface area contributed by atoms with Gasteiger partial charge in [-0.25, -0.2) is 0 Å². The van der Waals surface area contributed by atoms with Crippen molar-refractivity contribution in [2.24, 2.45) is 11.7 Å². The number of aliphatic hydroxyl groups is 1. The van der Waals surface area contributed by atoms with Gasteiger partial charge in [0.1, 0.15) is 0 Å². The first kappa shape index (κ1) is 16.4. The van der Waals surface area contributed by atoms with Gasteiger partial charge in [0.25, 0.3) is 0 Å². The van der Waals surface area contributed by atoms with Crippen molar-refractivity contribution in [3.05, 3.63) is 0 Å². The Labute approximate surface area is 117 Å². The summed E-state index contributed by atoms with van der Waals surface area (Å²) in [5.41, 5.74) is 5.14. The van der Waals surface area contributed by atoms with E-state index in [0.29, 0.717) is 13.0 Å². The van der Waals surface area contributed by atoms with Gasteiger partial charge in [-0.2, -0.15) is 0 Å². The first-order valence-electron chi connectivity index (χ1n) is 7.73. The van der Waals surface area contributed by atoms with Crippen molar-refractivity contribution in [1.82, 2.24) is 5.32 Å². The second-order valence-corrected chi connectivity index (χ2v) is 6.11. The molecule has 0 heterocycles. The second-order valence-electron chi connectivity index (χ2n) is 6.11. The van der Waals surface area contributed by atoms with Crippen molar-refractivity contribution in [1.29, 1.82) is 0 Å². The first-order valence-corrected chi connectivity index (χ1v) is 7.73. The summed E-state index contributed by atoms with van der Waals surface area (Å²) in [4.78, 5) is 11.7. The van der Waals surface area contributed by atoms with Gasteiger partial charge in [0.2, 0.25) is 5.91 Å². The number of hydrogen-bond acceptors (Lipinski definition) is 3. The molecule has 0 aliphatic heterocycles. The molecule has 1 aliphatic carbocycles. The normalized spacial score (nSPS) is 28.9. The van der Waals surface area contributed by atoms with E-state index < -0.39 is 5.60 Å². The largest absolute Gasteiger partial charge is 0.388 e. The Morgan fingerprint density at radius 3 is 2.58 bits per heavy atom. The van der Waals surface area contributed by atoms with E-state index in [1.165, 1.54) is 6.42 Å². The van der Waals surface area contributed by atoms with E-state index in [-0.39, 0.29) is 11.9 Å². The number of nitrogens with two attached hydrogens (primary N) is 1. The maximum Gasteiger partial charge on any atom is 0.221 e. The Morgan fingerprint density at radius 1 is 1.42 bits per heavy atom. The van der Waals surface area contributed by atoms with Crippen LogP contribution in [0.1, 0.15) is 65.2 Å². The average molecular weight is 270 g/mol. The third-order valence-corrected chi connectivity index (χ3v) is 4.33. The molecule has 0 radical (unpaired) electrons. The zero-order valence-electron chi connectivity index (χ0n) is 12.5. The van der Waals surface area contributed by atoms with E-state index in [1.54, 1.807) is 0 Å². The molecule has 19 heavy (non-hydrogen) atoms. The highest BCUT2D eigenvalue weighted by Gasteiger charge is 2.32. The van der Waals surface area contributed by atoms with Crippen LogP contribution in [0, 0.1) is 5.92 Å². The Kier molecular flexibility index (Phi) is 6.80. The predicted octanol–water partition coefficient (Wildman–Crippen LogP) is 1.95. The van der Waals surface area contributed by atoms with Crippen molar-refractivity contribution in [3.63, 3.8) is 0 Å². The number of hydrogen-bond donors (Lipinski definition) is 3. The fraction of sp³-hybridized carbons (Fsp3) is 0.933. The van der Waals surface area contributed by atoms with Gasteiger partial charge in [0, 0.05) is 19.0 Å². The minimum atomic E-state index is -0.698. The lowest BCUT2D eigenvalue weighted by Crippen LogP contribution is -2.46. The molecule has 0 bridgehead atoms. The molecular weight excluding hydrogens is 240 g/mol. The lowest BCUT2D eigenvalue weighted by molar-refractivity contribution is -0.123. The van der Waals surface area contributed by atoms with E-state index in [1.807, 2.05) is 0 Å². The Bertz CT molecular complexity index is 273. The highest BCUT2D eigenvalue weighted by atomic mass is 16.3. The van der Waals surface area contributed by atoms with Gasteiger partial charge in [-0.05, 0) is 38.0 Å².